The lowest BCUT2D eigenvalue weighted by Crippen LogP contribution is -2.18. The molecule has 132 valence electrons. The van der Waals surface area contributed by atoms with Gasteiger partial charge in [0.1, 0.15) is 11.4 Å². The summed E-state index contributed by atoms with van der Waals surface area (Å²) in [5.74, 6) is 0.330. The zero-order chi connectivity index (χ0) is 18.5. The highest BCUT2D eigenvalue weighted by atomic mass is 35.5. The van der Waals surface area contributed by atoms with Crippen LogP contribution in [0, 0.1) is 0 Å². The molecular weight excluding hydrogens is 375 g/mol. The number of hydrogen-bond donors (Lipinski definition) is 2. The lowest BCUT2D eigenvalue weighted by Gasteiger charge is -2.00. The van der Waals surface area contributed by atoms with Gasteiger partial charge in [-0.15, -0.1) is 0 Å². The summed E-state index contributed by atoms with van der Waals surface area (Å²) >= 11 is 11.9. The van der Waals surface area contributed by atoms with E-state index in [4.69, 9.17) is 27.9 Å². The number of aromatic nitrogens is 2. The van der Waals surface area contributed by atoms with Crippen molar-refractivity contribution in [2.75, 3.05) is 7.11 Å². The third kappa shape index (κ3) is 4.22. The number of amides is 1. The highest BCUT2D eigenvalue weighted by Crippen LogP contribution is 2.21. The maximum Gasteiger partial charge on any atom is 0.289 e. The largest absolute Gasteiger partial charge is 0.497 e. The summed E-state index contributed by atoms with van der Waals surface area (Å²) in [6.45, 7) is 0. The van der Waals surface area contributed by atoms with Crippen LogP contribution in [0.3, 0.4) is 0 Å². The Kier molecular flexibility index (Phi) is 5.55. The maximum atomic E-state index is 12.1. The van der Waals surface area contributed by atoms with Gasteiger partial charge in [-0.2, -0.15) is 10.2 Å². The van der Waals surface area contributed by atoms with Crippen LogP contribution in [0.2, 0.25) is 10.0 Å². The number of methoxy groups -OCH3 is 1. The minimum Gasteiger partial charge on any atom is -0.497 e. The number of nitrogens with zero attached hydrogens (tertiary/aromatic N) is 2. The van der Waals surface area contributed by atoms with Crippen molar-refractivity contribution in [3.05, 3.63) is 69.8 Å². The summed E-state index contributed by atoms with van der Waals surface area (Å²) < 4.78 is 5.12. The number of nitrogens with one attached hydrogen (secondary N) is 2. The van der Waals surface area contributed by atoms with E-state index in [0.29, 0.717) is 21.3 Å². The molecule has 0 bridgehead atoms. The van der Waals surface area contributed by atoms with Crippen LogP contribution < -0.4 is 10.2 Å². The molecule has 0 fully saturated rings. The molecule has 3 rings (SSSR count). The molecule has 0 saturated heterocycles. The summed E-state index contributed by atoms with van der Waals surface area (Å²) in [5, 5.41) is 11.7. The zero-order valence-corrected chi connectivity index (χ0v) is 15.2. The Morgan fingerprint density at radius 3 is 2.65 bits per heavy atom. The number of hydrogen-bond acceptors (Lipinski definition) is 4. The van der Waals surface area contributed by atoms with E-state index >= 15 is 0 Å². The van der Waals surface area contributed by atoms with Gasteiger partial charge in [-0.1, -0.05) is 29.3 Å². The van der Waals surface area contributed by atoms with Crippen LogP contribution in [-0.2, 0) is 0 Å². The molecule has 0 atom stereocenters. The fourth-order valence-corrected chi connectivity index (χ4v) is 2.63. The quantitative estimate of drug-likeness (QED) is 0.508. The monoisotopic (exact) mass is 388 g/mol. The van der Waals surface area contributed by atoms with Gasteiger partial charge in [0, 0.05) is 16.1 Å². The molecule has 8 heteroatoms. The molecule has 0 spiro atoms. The normalized spacial score (nSPS) is 10.9. The van der Waals surface area contributed by atoms with E-state index in [1.807, 2.05) is 24.3 Å². The third-order valence-electron chi connectivity index (χ3n) is 3.54. The molecule has 2 N–H and O–H groups in total. The Bertz CT molecular complexity index is 952. The molecule has 1 heterocycles. The predicted octanol–water partition coefficient (Wildman–Crippen LogP) is 4.16. The molecule has 2 aromatic carbocycles. The number of rotatable bonds is 5. The van der Waals surface area contributed by atoms with Gasteiger partial charge in [0.25, 0.3) is 5.91 Å². The summed E-state index contributed by atoms with van der Waals surface area (Å²) in [5.41, 5.74) is 4.85. The SMILES string of the molecule is COc1ccc(-c2cc(C(=O)N/N=C/c3ccc(Cl)cc3Cl)[nH]n2)cc1. The second-order valence-electron chi connectivity index (χ2n) is 5.26. The van der Waals surface area contributed by atoms with E-state index in [1.165, 1.54) is 6.21 Å². The number of hydrazone groups is 1. The van der Waals surface area contributed by atoms with Crippen LogP contribution in [0.5, 0.6) is 5.75 Å². The average Bonchev–Trinajstić information content (AvgIpc) is 3.14. The molecule has 1 aromatic heterocycles. The van der Waals surface area contributed by atoms with Gasteiger partial charge in [-0.3, -0.25) is 9.89 Å². The van der Waals surface area contributed by atoms with E-state index in [-0.39, 0.29) is 5.69 Å². The Morgan fingerprint density at radius 2 is 1.96 bits per heavy atom. The molecule has 1 amide bonds. The van der Waals surface area contributed by atoms with E-state index < -0.39 is 5.91 Å². The first-order valence-corrected chi connectivity index (χ1v) is 8.30. The first kappa shape index (κ1) is 18.0. The van der Waals surface area contributed by atoms with Gasteiger partial charge in [0.15, 0.2) is 0 Å². The Labute approximate surface area is 159 Å². The van der Waals surface area contributed by atoms with Gasteiger partial charge in [0.2, 0.25) is 0 Å². The van der Waals surface area contributed by atoms with Crippen molar-refractivity contribution in [3.8, 4) is 17.0 Å². The van der Waals surface area contributed by atoms with Crippen molar-refractivity contribution < 1.29 is 9.53 Å². The molecule has 3 aromatic rings. The molecule has 0 unspecified atom stereocenters. The molecule has 0 aliphatic carbocycles. The minimum atomic E-state index is -0.418. The van der Waals surface area contributed by atoms with E-state index in [1.54, 1.807) is 31.4 Å². The third-order valence-corrected chi connectivity index (χ3v) is 4.10. The van der Waals surface area contributed by atoms with Crippen molar-refractivity contribution in [3.63, 3.8) is 0 Å². The van der Waals surface area contributed by atoms with Crippen LogP contribution in [0.25, 0.3) is 11.3 Å². The van der Waals surface area contributed by atoms with Crippen LogP contribution in [0.1, 0.15) is 16.1 Å². The summed E-state index contributed by atoms with van der Waals surface area (Å²) in [6, 6.07) is 14.0. The summed E-state index contributed by atoms with van der Waals surface area (Å²) in [6.07, 6.45) is 1.44. The predicted molar refractivity (Wildman–Crippen MR) is 102 cm³/mol. The van der Waals surface area contributed by atoms with Gasteiger partial charge in [0.05, 0.1) is 24.0 Å². The number of H-pyrrole nitrogens is 1. The highest BCUT2D eigenvalue weighted by Gasteiger charge is 2.10. The van der Waals surface area contributed by atoms with E-state index in [0.717, 1.165) is 11.3 Å². The highest BCUT2D eigenvalue weighted by molar-refractivity contribution is 6.36. The number of ether oxygens (including phenoxy) is 1. The maximum absolute atomic E-state index is 12.1. The van der Waals surface area contributed by atoms with Gasteiger partial charge >= 0.3 is 0 Å². The molecule has 0 aliphatic rings. The number of carbonyl (C=O) groups excluding carboxylic acids is 1. The van der Waals surface area contributed by atoms with Crippen LogP contribution in [0.4, 0.5) is 0 Å². The van der Waals surface area contributed by atoms with Gasteiger partial charge in [-0.25, -0.2) is 5.43 Å². The fourth-order valence-electron chi connectivity index (χ4n) is 2.17. The van der Waals surface area contributed by atoms with Crippen molar-refractivity contribution in [1.82, 2.24) is 15.6 Å². The van der Waals surface area contributed by atoms with Gasteiger partial charge < -0.3 is 4.74 Å². The second-order valence-corrected chi connectivity index (χ2v) is 6.10. The second kappa shape index (κ2) is 8.03. The van der Waals surface area contributed by atoms with Gasteiger partial charge in [-0.05, 0) is 42.5 Å². The number of benzene rings is 2. The average molecular weight is 389 g/mol. The fraction of sp³-hybridized carbons (Fsp3) is 0.0556. The molecule has 0 saturated carbocycles. The topological polar surface area (TPSA) is 79.4 Å². The van der Waals surface area contributed by atoms with Crippen LogP contribution in [-0.4, -0.2) is 29.4 Å². The van der Waals surface area contributed by atoms with Crippen molar-refractivity contribution in [1.29, 1.82) is 0 Å². The molecule has 0 aliphatic heterocycles. The number of aromatic amines is 1. The van der Waals surface area contributed by atoms with Crippen molar-refractivity contribution >= 4 is 35.3 Å². The molecular formula is C18H14Cl2N4O2. The first-order valence-electron chi connectivity index (χ1n) is 7.55. The van der Waals surface area contributed by atoms with Crippen molar-refractivity contribution in [2.24, 2.45) is 5.10 Å². The molecule has 6 nitrogen and oxygen atoms in total. The molecule has 0 radical (unpaired) electrons. The lowest BCUT2D eigenvalue weighted by molar-refractivity contribution is 0.0950. The lowest BCUT2D eigenvalue weighted by atomic mass is 10.1. The number of carbonyl (C=O) groups is 1. The van der Waals surface area contributed by atoms with E-state index in [9.17, 15) is 4.79 Å². The minimum absolute atomic E-state index is 0.287. The van der Waals surface area contributed by atoms with Crippen LogP contribution >= 0.6 is 23.2 Å². The molecule has 26 heavy (non-hydrogen) atoms. The Hall–Kier alpha value is -2.83. The van der Waals surface area contributed by atoms with Crippen LogP contribution in [0.15, 0.2) is 53.6 Å². The smallest absolute Gasteiger partial charge is 0.289 e. The Morgan fingerprint density at radius 1 is 1.19 bits per heavy atom. The van der Waals surface area contributed by atoms with Crippen molar-refractivity contribution in [2.45, 2.75) is 0 Å². The summed E-state index contributed by atoms with van der Waals surface area (Å²) in [7, 11) is 1.60. The first-order chi connectivity index (χ1) is 12.6. The number of halogens is 2. The Balaban J connectivity index is 1.66. The summed E-state index contributed by atoms with van der Waals surface area (Å²) in [4.78, 5) is 12.1. The zero-order valence-electron chi connectivity index (χ0n) is 13.7. The standard InChI is InChI=1S/C18H14Cl2N4O2/c1-26-14-6-3-11(4-7-14)16-9-17(23-22-16)18(25)24-21-10-12-2-5-13(19)8-15(12)20/h2-10H,1H3,(H,22,23)(H,24,25)/b21-10+. The van der Waals surface area contributed by atoms with E-state index in [2.05, 4.69) is 20.7 Å².